The van der Waals surface area contributed by atoms with Crippen LogP contribution in [0.3, 0.4) is 0 Å². The van der Waals surface area contributed by atoms with E-state index in [9.17, 15) is 9.59 Å². The lowest BCUT2D eigenvalue weighted by atomic mass is 10.2. The second kappa shape index (κ2) is 12.1. The number of rotatable bonds is 10. The van der Waals surface area contributed by atoms with E-state index in [-0.39, 0.29) is 17.7 Å². The summed E-state index contributed by atoms with van der Waals surface area (Å²) in [5.74, 6) is 0. The van der Waals surface area contributed by atoms with E-state index in [1.807, 2.05) is 26.0 Å². The van der Waals surface area contributed by atoms with Gasteiger partial charge in [-0.1, -0.05) is 81.4 Å². The number of H-pyrrole nitrogens is 1. The molecule has 39 heavy (non-hydrogen) atoms. The Labute approximate surface area is 231 Å². The Morgan fingerprint density at radius 3 is 2.18 bits per heavy atom. The number of nitrogens with zero attached hydrogens (tertiary/aromatic N) is 1. The highest BCUT2D eigenvalue weighted by molar-refractivity contribution is 6.99. The predicted molar refractivity (Wildman–Crippen MR) is 154 cm³/mol. The van der Waals surface area contributed by atoms with Crippen LogP contribution in [-0.2, 0) is 18.6 Å². The molecule has 1 saturated heterocycles. The van der Waals surface area contributed by atoms with Crippen LogP contribution in [-0.4, -0.2) is 49.6 Å². The molecule has 2 heterocycles. The van der Waals surface area contributed by atoms with Gasteiger partial charge in [0.1, 0.15) is 12.3 Å². The first-order chi connectivity index (χ1) is 18.6. The molecule has 1 N–H and O–H groups in total. The molecule has 1 aliphatic rings. The SMILES string of the molecule is CCO[C@@H](C)OC1C[C@H](n2cc(C)c(=O)[nH]c2=O)O[C@@H]1CO[Si](c1ccccc1)(c1ccccc1)C(C)(C)C. The smallest absolute Gasteiger partial charge is 0.330 e. The van der Waals surface area contributed by atoms with Crippen LogP contribution in [0.4, 0.5) is 0 Å². The summed E-state index contributed by atoms with van der Waals surface area (Å²) in [5, 5.41) is 2.15. The highest BCUT2D eigenvalue weighted by Crippen LogP contribution is 2.38. The van der Waals surface area contributed by atoms with Crippen molar-refractivity contribution in [3.05, 3.63) is 93.3 Å². The van der Waals surface area contributed by atoms with Gasteiger partial charge in [0.15, 0.2) is 6.29 Å². The monoisotopic (exact) mass is 552 g/mol. The van der Waals surface area contributed by atoms with Crippen molar-refractivity contribution in [2.45, 2.75) is 77.7 Å². The first-order valence-electron chi connectivity index (χ1n) is 13.6. The predicted octanol–water partition coefficient (Wildman–Crippen LogP) is 3.48. The zero-order valence-corrected chi connectivity index (χ0v) is 24.7. The fourth-order valence-electron chi connectivity index (χ4n) is 5.45. The Bertz CT molecular complexity index is 1300. The van der Waals surface area contributed by atoms with Gasteiger partial charge in [-0.3, -0.25) is 14.3 Å². The van der Waals surface area contributed by atoms with Gasteiger partial charge in [-0.2, -0.15) is 0 Å². The molecule has 4 rings (SSSR count). The summed E-state index contributed by atoms with van der Waals surface area (Å²) in [6, 6.07) is 20.8. The summed E-state index contributed by atoms with van der Waals surface area (Å²) in [4.78, 5) is 27.0. The van der Waals surface area contributed by atoms with E-state index in [1.54, 1.807) is 13.1 Å². The topological polar surface area (TPSA) is 91.8 Å². The Kier molecular flexibility index (Phi) is 9.08. The van der Waals surface area contributed by atoms with Gasteiger partial charge in [0.25, 0.3) is 13.9 Å². The molecule has 1 aliphatic heterocycles. The van der Waals surface area contributed by atoms with Crippen molar-refractivity contribution in [3.8, 4) is 0 Å². The van der Waals surface area contributed by atoms with Crippen LogP contribution in [0.2, 0.25) is 5.04 Å². The van der Waals surface area contributed by atoms with Gasteiger partial charge in [-0.25, -0.2) is 4.79 Å². The lowest BCUT2D eigenvalue weighted by Crippen LogP contribution is -2.67. The molecular weight excluding hydrogens is 512 g/mol. The van der Waals surface area contributed by atoms with E-state index in [2.05, 4.69) is 74.3 Å². The normalized spacial score (nSPS) is 20.7. The molecule has 1 aromatic heterocycles. The third-order valence-electron chi connectivity index (χ3n) is 7.29. The number of nitrogens with one attached hydrogen (secondary N) is 1. The van der Waals surface area contributed by atoms with Crippen LogP contribution in [0.1, 0.15) is 52.8 Å². The van der Waals surface area contributed by atoms with Gasteiger partial charge in [-0.15, -0.1) is 0 Å². The second-order valence-electron chi connectivity index (χ2n) is 11.0. The number of aryl methyl sites for hydroxylation is 1. The van der Waals surface area contributed by atoms with Gasteiger partial charge in [-0.05, 0) is 36.2 Å². The minimum atomic E-state index is -2.81. The van der Waals surface area contributed by atoms with Crippen molar-refractivity contribution < 1.29 is 18.6 Å². The summed E-state index contributed by atoms with van der Waals surface area (Å²) < 4.78 is 26.9. The lowest BCUT2D eigenvalue weighted by Gasteiger charge is -2.43. The zero-order valence-electron chi connectivity index (χ0n) is 23.7. The molecule has 0 spiro atoms. The number of aromatic nitrogens is 2. The van der Waals surface area contributed by atoms with Gasteiger partial charge < -0.3 is 18.6 Å². The van der Waals surface area contributed by atoms with Crippen molar-refractivity contribution in [1.82, 2.24) is 9.55 Å². The molecule has 4 atom stereocenters. The first-order valence-corrected chi connectivity index (χ1v) is 15.5. The molecule has 3 aromatic rings. The molecule has 0 saturated carbocycles. The Balaban J connectivity index is 1.70. The highest BCUT2D eigenvalue weighted by atomic mass is 28.4. The summed E-state index contributed by atoms with van der Waals surface area (Å²) in [5.41, 5.74) is -0.482. The minimum absolute atomic E-state index is 0.199. The van der Waals surface area contributed by atoms with Crippen molar-refractivity contribution in [3.63, 3.8) is 0 Å². The largest absolute Gasteiger partial charge is 0.405 e. The first kappa shape index (κ1) is 29.2. The maximum absolute atomic E-state index is 12.7. The number of hydrogen-bond donors (Lipinski definition) is 1. The highest BCUT2D eigenvalue weighted by Gasteiger charge is 2.51. The third-order valence-corrected chi connectivity index (χ3v) is 12.3. The number of hydrogen-bond acceptors (Lipinski definition) is 6. The van der Waals surface area contributed by atoms with Crippen molar-refractivity contribution in [2.75, 3.05) is 13.2 Å². The van der Waals surface area contributed by atoms with E-state index in [4.69, 9.17) is 18.6 Å². The van der Waals surface area contributed by atoms with Gasteiger partial charge in [0.2, 0.25) is 0 Å². The quantitative estimate of drug-likeness (QED) is 0.306. The lowest BCUT2D eigenvalue weighted by molar-refractivity contribution is -0.172. The molecular formula is C30H40N2O6Si. The summed E-state index contributed by atoms with van der Waals surface area (Å²) in [6.07, 6.45) is 0.0524. The van der Waals surface area contributed by atoms with Crippen molar-refractivity contribution in [1.29, 1.82) is 0 Å². The minimum Gasteiger partial charge on any atom is -0.405 e. The fraction of sp³-hybridized carbons (Fsp3) is 0.467. The molecule has 210 valence electrons. The summed E-state index contributed by atoms with van der Waals surface area (Å²) in [6.45, 7) is 12.9. The number of benzene rings is 2. The maximum atomic E-state index is 12.7. The molecule has 1 unspecified atom stereocenters. The van der Waals surface area contributed by atoms with E-state index in [0.29, 0.717) is 18.6 Å². The number of aromatic amines is 1. The Morgan fingerprint density at radius 1 is 1.05 bits per heavy atom. The summed E-state index contributed by atoms with van der Waals surface area (Å²) in [7, 11) is -2.81. The second-order valence-corrected chi connectivity index (χ2v) is 15.3. The molecule has 0 bridgehead atoms. The zero-order chi connectivity index (χ0) is 28.2. The van der Waals surface area contributed by atoms with Gasteiger partial charge in [0, 0.05) is 24.8 Å². The van der Waals surface area contributed by atoms with E-state index in [1.165, 1.54) is 14.9 Å². The van der Waals surface area contributed by atoms with Gasteiger partial charge >= 0.3 is 5.69 Å². The molecule has 2 aromatic carbocycles. The molecule has 9 heteroatoms. The molecule has 0 amide bonds. The Hall–Kier alpha value is -2.82. The average Bonchev–Trinajstić information content (AvgIpc) is 3.29. The molecule has 0 aliphatic carbocycles. The van der Waals surface area contributed by atoms with Crippen molar-refractivity contribution in [2.24, 2.45) is 0 Å². The fourth-order valence-corrected chi connectivity index (χ4v) is 10.0. The third kappa shape index (κ3) is 6.18. The average molecular weight is 553 g/mol. The van der Waals surface area contributed by atoms with Crippen LogP contribution >= 0.6 is 0 Å². The van der Waals surface area contributed by atoms with Gasteiger partial charge in [0.05, 0.1) is 12.7 Å². The Morgan fingerprint density at radius 2 is 1.64 bits per heavy atom. The van der Waals surface area contributed by atoms with Crippen LogP contribution in [0, 0.1) is 6.92 Å². The molecule has 0 radical (unpaired) electrons. The standard InChI is InChI=1S/C30H40N2O6Si/c1-7-35-22(3)37-25-18-27(32-19-21(2)28(33)31-29(32)34)38-26(25)20-36-39(30(4,5)6,23-14-10-8-11-15-23)24-16-12-9-13-17-24/h8-17,19,22,25-27H,7,18,20H2,1-6H3,(H,31,33,34)/t22-,25?,26-,27-/m1/s1. The summed E-state index contributed by atoms with van der Waals surface area (Å²) >= 11 is 0. The van der Waals surface area contributed by atoms with E-state index >= 15 is 0 Å². The van der Waals surface area contributed by atoms with Crippen LogP contribution < -0.4 is 21.6 Å². The van der Waals surface area contributed by atoms with Crippen LogP contribution in [0.15, 0.2) is 76.4 Å². The molecule has 8 nitrogen and oxygen atoms in total. The van der Waals surface area contributed by atoms with E-state index in [0.717, 1.165) is 0 Å². The molecule has 1 fully saturated rings. The maximum Gasteiger partial charge on any atom is 0.330 e. The van der Waals surface area contributed by atoms with Crippen molar-refractivity contribution >= 4 is 18.7 Å². The van der Waals surface area contributed by atoms with Crippen LogP contribution in [0.25, 0.3) is 0 Å². The number of ether oxygens (including phenoxy) is 3. The van der Waals surface area contributed by atoms with E-state index < -0.39 is 38.2 Å². The van der Waals surface area contributed by atoms with Crippen LogP contribution in [0.5, 0.6) is 0 Å².